The number of carbonyl (C=O) groups is 1. The summed E-state index contributed by atoms with van der Waals surface area (Å²) in [7, 11) is 0. The minimum atomic E-state index is -0.702. The Labute approximate surface area is 94.9 Å². The van der Waals surface area contributed by atoms with Crippen molar-refractivity contribution >= 4 is 35.1 Å². The molecule has 1 aromatic heterocycles. The second kappa shape index (κ2) is 3.88. The topological polar surface area (TPSA) is 79.2 Å². The monoisotopic (exact) mass is 248 g/mol. The van der Waals surface area contributed by atoms with Crippen molar-refractivity contribution in [3.05, 3.63) is 10.6 Å². The van der Waals surface area contributed by atoms with Crippen molar-refractivity contribution in [1.82, 2.24) is 15.0 Å². The molecule has 1 aromatic rings. The van der Waals surface area contributed by atoms with E-state index < -0.39 is 6.10 Å². The van der Waals surface area contributed by atoms with Crippen molar-refractivity contribution in [2.45, 2.75) is 12.5 Å². The quantitative estimate of drug-likeness (QED) is 0.773. The van der Waals surface area contributed by atoms with Crippen LogP contribution >= 0.6 is 23.2 Å². The number of carbonyl (C=O) groups excluding carboxylic acids is 1. The fourth-order valence-corrected chi connectivity index (χ4v) is 1.67. The average molecular weight is 249 g/mol. The zero-order valence-electron chi connectivity index (χ0n) is 7.39. The first-order valence-corrected chi connectivity index (χ1v) is 4.87. The standard InChI is InChI=1S/C7H6Cl2N4O2/c8-5-10-6(9)12-7(11-5)13-2-3(14)1-4(13)15/h3,14H,1-2H2. The number of anilines is 1. The van der Waals surface area contributed by atoms with Crippen LogP contribution in [0.3, 0.4) is 0 Å². The molecule has 0 bridgehead atoms. The van der Waals surface area contributed by atoms with Gasteiger partial charge in [-0.05, 0) is 23.2 Å². The second-order valence-corrected chi connectivity index (χ2v) is 3.71. The smallest absolute Gasteiger partial charge is 0.237 e. The Morgan fingerprint density at radius 1 is 1.27 bits per heavy atom. The summed E-state index contributed by atoms with van der Waals surface area (Å²) in [4.78, 5) is 23.7. The van der Waals surface area contributed by atoms with Crippen LogP contribution in [0.2, 0.25) is 10.6 Å². The van der Waals surface area contributed by atoms with Gasteiger partial charge < -0.3 is 5.11 Å². The maximum Gasteiger partial charge on any atom is 0.237 e. The van der Waals surface area contributed by atoms with E-state index in [2.05, 4.69) is 15.0 Å². The molecular weight excluding hydrogens is 243 g/mol. The lowest BCUT2D eigenvalue weighted by molar-refractivity contribution is -0.117. The molecule has 0 aromatic carbocycles. The van der Waals surface area contributed by atoms with E-state index in [1.54, 1.807) is 0 Å². The zero-order chi connectivity index (χ0) is 11.0. The Balaban J connectivity index is 2.33. The van der Waals surface area contributed by atoms with Crippen LogP contribution < -0.4 is 4.90 Å². The molecule has 80 valence electrons. The van der Waals surface area contributed by atoms with E-state index >= 15 is 0 Å². The maximum absolute atomic E-state index is 11.4. The van der Waals surface area contributed by atoms with Crippen LogP contribution in [0.15, 0.2) is 0 Å². The van der Waals surface area contributed by atoms with Crippen molar-refractivity contribution in [3.63, 3.8) is 0 Å². The summed E-state index contributed by atoms with van der Waals surface area (Å²) in [6.45, 7) is 0.148. The summed E-state index contributed by atoms with van der Waals surface area (Å²) in [6, 6.07) is 0. The lowest BCUT2D eigenvalue weighted by atomic mass is 10.3. The van der Waals surface area contributed by atoms with Crippen LogP contribution in [0.5, 0.6) is 0 Å². The summed E-state index contributed by atoms with van der Waals surface area (Å²) in [6.07, 6.45) is -0.646. The Kier molecular flexibility index (Phi) is 2.72. The Bertz CT molecular complexity index is 394. The van der Waals surface area contributed by atoms with Crippen LogP contribution in [0.1, 0.15) is 6.42 Å². The second-order valence-electron chi connectivity index (χ2n) is 3.04. The Hall–Kier alpha value is -0.980. The molecule has 1 aliphatic rings. The van der Waals surface area contributed by atoms with E-state index in [-0.39, 0.29) is 35.4 Å². The third-order valence-corrected chi connectivity index (χ3v) is 2.25. The first-order chi connectivity index (χ1) is 7.06. The molecule has 1 saturated heterocycles. The van der Waals surface area contributed by atoms with Crippen LogP contribution in [0, 0.1) is 0 Å². The first-order valence-electron chi connectivity index (χ1n) is 4.12. The van der Waals surface area contributed by atoms with Crippen LogP contribution in [-0.2, 0) is 4.79 Å². The number of rotatable bonds is 1. The number of amides is 1. The van der Waals surface area contributed by atoms with Crippen molar-refractivity contribution in [1.29, 1.82) is 0 Å². The number of β-amino-alcohol motifs (C(OH)–C–C–N with tert-alkyl or cyclic N) is 1. The summed E-state index contributed by atoms with van der Waals surface area (Å²) >= 11 is 11.1. The molecule has 0 spiro atoms. The maximum atomic E-state index is 11.4. The normalized spacial score (nSPS) is 21.1. The van der Waals surface area contributed by atoms with Gasteiger partial charge in [-0.15, -0.1) is 0 Å². The SMILES string of the molecule is O=C1CC(O)CN1c1nc(Cl)nc(Cl)n1. The Morgan fingerprint density at radius 2 is 1.87 bits per heavy atom. The molecule has 1 aliphatic heterocycles. The van der Waals surface area contributed by atoms with E-state index in [9.17, 15) is 9.90 Å². The van der Waals surface area contributed by atoms with Gasteiger partial charge in [0.15, 0.2) is 0 Å². The molecule has 15 heavy (non-hydrogen) atoms. The molecule has 1 N–H and O–H groups in total. The molecule has 1 amide bonds. The number of nitrogens with zero attached hydrogens (tertiary/aromatic N) is 4. The number of aromatic nitrogens is 3. The van der Waals surface area contributed by atoms with Gasteiger partial charge in [0.05, 0.1) is 19.1 Å². The molecule has 1 unspecified atom stereocenters. The lowest BCUT2D eigenvalue weighted by Gasteiger charge is -2.12. The molecule has 1 fully saturated rings. The first kappa shape index (κ1) is 10.5. The highest BCUT2D eigenvalue weighted by molar-refractivity contribution is 6.31. The fraction of sp³-hybridized carbons (Fsp3) is 0.429. The minimum Gasteiger partial charge on any atom is -0.391 e. The highest BCUT2D eigenvalue weighted by Crippen LogP contribution is 2.19. The van der Waals surface area contributed by atoms with Crippen molar-refractivity contribution in [3.8, 4) is 0 Å². The lowest BCUT2D eigenvalue weighted by Crippen LogP contribution is -2.27. The number of aliphatic hydroxyl groups is 1. The summed E-state index contributed by atoms with van der Waals surface area (Å²) in [5.41, 5.74) is 0. The van der Waals surface area contributed by atoms with E-state index in [1.807, 2.05) is 0 Å². The van der Waals surface area contributed by atoms with Gasteiger partial charge in [0, 0.05) is 0 Å². The summed E-state index contributed by atoms with van der Waals surface area (Å²) in [5, 5.41) is 9.10. The molecule has 0 saturated carbocycles. The Morgan fingerprint density at radius 3 is 2.33 bits per heavy atom. The van der Waals surface area contributed by atoms with Gasteiger partial charge in [-0.1, -0.05) is 0 Å². The van der Waals surface area contributed by atoms with E-state index in [4.69, 9.17) is 23.2 Å². The predicted octanol–water partition coefficient (Wildman–Crippen LogP) is 0.276. The fourth-order valence-electron chi connectivity index (χ4n) is 1.32. The zero-order valence-corrected chi connectivity index (χ0v) is 8.90. The predicted molar refractivity (Wildman–Crippen MR) is 52.8 cm³/mol. The molecule has 0 aliphatic carbocycles. The van der Waals surface area contributed by atoms with Gasteiger partial charge in [0.25, 0.3) is 0 Å². The van der Waals surface area contributed by atoms with E-state index in [0.717, 1.165) is 0 Å². The number of halogens is 2. The van der Waals surface area contributed by atoms with Gasteiger partial charge in [-0.25, -0.2) is 0 Å². The minimum absolute atomic E-state index is 0.0565. The molecule has 0 radical (unpaired) electrons. The molecular formula is C7H6Cl2N4O2. The van der Waals surface area contributed by atoms with Gasteiger partial charge in [-0.3, -0.25) is 9.69 Å². The number of hydrogen-bond donors (Lipinski definition) is 1. The molecule has 2 rings (SSSR count). The average Bonchev–Trinajstić information content (AvgIpc) is 2.43. The highest BCUT2D eigenvalue weighted by Gasteiger charge is 2.31. The molecule has 6 nitrogen and oxygen atoms in total. The largest absolute Gasteiger partial charge is 0.391 e. The van der Waals surface area contributed by atoms with Crippen LogP contribution in [0.25, 0.3) is 0 Å². The summed E-state index contributed by atoms with van der Waals surface area (Å²) in [5.74, 6) is -0.192. The van der Waals surface area contributed by atoms with Crippen LogP contribution in [-0.4, -0.2) is 38.6 Å². The van der Waals surface area contributed by atoms with Gasteiger partial charge >= 0.3 is 0 Å². The third-order valence-electron chi connectivity index (χ3n) is 1.92. The molecule has 2 heterocycles. The number of hydrogen-bond acceptors (Lipinski definition) is 5. The van der Waals surface area contributed by atoms with Gasteiger partial charge in [-0.2, -0.15) is 15.0 Å². The van der Waals surface area contributed by atoms with Crippen molar-refractivity contribution < 1.29 is 9.90 Å². The highest BCUT2D eigenvalue weighted by atomic mass is 35.5. The van der Waals surface area contributed by atoms with Gasteiger partial charge in [0.1, 0.15) is 0 Å². The van der Waals surface area contributed by atoms with Crippen molar-refractivity contribution in [2.24, 2.45) is 0 Å². The van der Waals surface area contributed by atoms with Gasteiger partial charge in [0.2, 0.25) is 22.4 Å². The molecule has 1 atom stereocenters. The van der Waals surface area contributed by atoms with Crippen LogP contribution in [0.4, 0.5) is 5.95 Å². The summed E-state index contributed by atoms with van der Waals surface area (Å²) < 4.78 is 0. The van der Waals surface area contributed by atoms with E-state index in [1.165, 1.54) is 4.90 Å². The third kappa shape index (κ3) is 2.17. The number of aliphatic hydroxyl groups excluding tert-OH is 1. The van der Waals surface area contributed by atoms with E-state index in [0.29, 0.717) is 0 Å². The van der Waals surface area contributed by atoms with Crippen molar-refractivity contribution in [2.75, 3.05) is 11.4 Å². The molecule has 8 heteroatoms.